The molecule has 9 nitrogen and oxygen atoms in total. The number of nitrogens with one attached hydrogen (secondary N) is 4. The molecule has 1 aromatic heterocycles. The number of urea groups is 1. The molecule has 4 aromatic carbocycles. The number of methoxy groups -OCH3 is 1. The normalized spacial score (nSPS) is 11.6. The first kappa shape index (κ1) is 23.0. The second kappa shape index (κ2) is 9.21. The number of anilines is 1. The van der Waals surface area contributed by atoms with Crippen LogP contribution in [-0.4, -0.2) is 35.0 Å². The number of hydrazine groups is 1. The molecule has 1 aliphatic rings. The number of hydrogen-bond acceptors (Lipinski definition) is 5. The Labute approximate surface area is 216 Å². The number of nitrogens with zero attached hydrogens (tertiary/aromatic N) is 1. The van der Waals surface area contributed by atoms with E-state index in [1.54, 1.807) is 49.6 Å². The van der Waals surface area contributed by atoms with Crippen LogP contribution in [0.15, 0.2) is 84.9 Å². The monoisotopic (exact) mass is 503 g/mol. The van der Waals surface area contributed by atoms with Crippen molar-refractivity contribution in [1.29, 1.82) is 0 Å². The molecule has 0 atom stereocenters. The number of aromatic nitrogens is 2. The van der Waals surface area contributed by atoms with Crippen molar-refractivity contribution in [2.24, 2.45) is 0 Å². The summed E-state index contributed by atoms with van der Waals surface area (Å²) in [6, 6.07) is 24.6. The molecule has 1 aliphatic carbocycles. The smallest absolute Gasteiger partial charge is 0.337 e. The van der Waals surface area contributed by atoms with Crippen LogP contribution in [0.4, 0.5) is 10.5 Å². The van der Waals surface area contributed by atoms with Gasteiger partial charge < -0.3 is 10.1 Å². The zero-order valence-electron chi connectivity index (χ0n) is 20.2. The Morgan fingerprint density at radius 1 is 0.842 bits per heavy atom. The first-order chi connectivity index (χ1) is 18.5. The lowest BCUT2D eigenvalue weighted by molar-refractivity contribution is 0.0939. The highest BCUT2D eigenvalue weighted by Crippen LogP contribution is 2.43. The van der Waals surface area contributed by atoms with E-state index in [1.165, 1.54) is 0 Å². The first-order valence-corrected chi connectivity index (χ1v) is 11.8. The van der Waals surface area contributed by atoms with Gasteiger partial charge in [-0.25, -0.2) is 10.2 Å². The molecule has 0 aliphatic heterocycles. The molecule has 186 valence electrons. The second-order valence-corrected chi connectivity index (χ2v) is 8.67. The molecule has 0 bridgehead atoms. The van der Waals surface area contributed by atoms with Gasteiger partial charge in [0.1, 0.15) is 11.4 Å². The number of benzene rings is 4. The third-order valence-electron chi connectivity index (χ3n) is 6.49. The Morgan fingerprint density at radius 3 is 2.42 bits per heavy atom. The summed E-state index contributed by atoms with van der Waals surface area (Å²) >= 11 is 0. The second-order valence-electron chi connectivity index (χ2n) is 8.67. The Balaban J connectivity index is 1.21. The first-order valence-electron chi connectivity index (χ1n) is 11.8. The van der Waals surface area contributed by atoms with Gasteiger partial charge in [0.25, 0.3) is 5.91 Å². The van der Waals surface area contributed by atoms with Crippen molar-refractivity contribution in [2.75, 3.05) is 12.4 Å². The number of ketones is 1. The van der Waals surface area contributed by atoms with Crippen LogP contribution < -0.4 is 20.9 Å². The molecular formula is C29H21N5O4. The van der Waals surface area contributed by atoms with Crippen molar-refractivity contribution in [3.8, 4) is 28.3 Å². The Hall–Kier alpha value is -5.44. The average Bonchev–Trinajstić information content (AvgIpc) is 3.51. The third kappa shape index (κ3) is 3.82. The standard InChI is InChI=1S/C29H21N5O4/c1-38-18-14-12-17(13-15-18)25-24-26(32-31-25)21-10-5-11-22(23(21)27(24)35)30-29(37)34-33-28(36)20-9-4-7-16-6-2-3-8-19(16)20/h2-15H,1H3,(H,31,32)(H,33,36)(H2,30,34,37). The highest BCUT2D eigenvalue weighted by molar-refractivity contribution is 6.27. The quantitative estimate of drug-likeness (QED) is 0.254. The van der Waals surface area contributed by atoms with Crippen LogP contribution in [0.25, 0.3) is 33.3 Å². The minimum atomic E-state index is -0.693. The molecule has 0 spiro atoms. The van der Waals surface area contributed by atoms with Crippen LogP contribution >= 0.6 is 0 Å². The van der Waals surface area contributed by atoms with E-state index in [9.17, 15) is 14.4 Å². The van der Waals surface area contributed by atoms with Gasteiger partial charge in [-0.2, -0.15) is 5.10 Å². The summed E-state index contributed by atoms with van der Waals surface area (Å²) in [5.74, 6) is -0.0228. The van der Waals surface area contributed by atoms with E-state index in [4.69, 9.17) is 4.74 Å². The highest BCUT2D eigenvalue weighted by Gasteiger charge is 2.35. The zero-order valence-corrected chi connectivity index (χ0v) is 20.2. The van der Waals surface area contributed by atoms with Crippen molar-refractivity contribution in [2.45, 2.75) is 0 Å². The highest BCUT2D eigenvalue weighted by atomic mass is 16.5. The van der Waals surface area contributed by atoms with E-state index in [2.05, 4.69) is 26.4 Å². The topological polar surface area (TPSA) is 125 Å². The van der Waals surface area contributed by atoms with Crippen LogP contribution in [0.1, 0.15) is 26.3 Å². The summed E-state index contributed by atoms with van der Waals surface area (Å²) in [6.07, 6.45) is 0. The molecule has 0 radical (unpaired) electrons. The summed E-state index contributed by atoms with van der Waals surface area (Å²) in [4.78, 5) is 39.0. The third-order valence-corrected chi connectivity index (χ3v) is 6.49. The van der Waals surface area contributed by atoms with E-state index < -0.39 is 11.9 Å². The number of carbonyl (C=O) groups excluding carboxylic acids is 3. The van der Waals surface area contributed by atoms with Gasteiger partial charge >= 0.3 is 6.03 Å². The van der Waals surface area contributed by atoms with Gasteiger partial charge in [0.15, 0.2) is 5.78 Å². The van der Waals surface area contributed by atoms with Gasteiger partial charge in [0.05, 0.1) is 29.6 Å². The van der Waals surface area contributed by atoms with E-state index in [0.29, 0.717) is 45.1 Å². The molecule has 0 saturated heterocycles. The van der Waals surface area contributed by atoms with Gasteiger partial charge in [0, 0.05) is 16.7 Å². The van der Waals surface area contributed by atoms with Gasteiger partial charge in [0.2, 0.25) is 0 Å². The van der Waals surface area contributed by atoms with Crippen molar-refractivity contribution >= 4 is 34.2 Å². The molecular weight excluding hydrogens is 482 g/mol. The van der Waals surface area contributed by atoms with Crippen LogP contribution in [-0.2, 0) is 0 Å². The van der Waals surface area contributed by atoms with Gasteiger partial charge in [-0.15, -0.1) is 0 Å². The Bertz CT molecular complexity index is 1740. The SMILES string of the molecule is COc1ccc(-c2[nH]nc3c2C(=O)c2c(NC(=O)NNC(=O)c4cccc5ccccc45)cccc2-3)cc1. The van der Waals surface area contributed by atoms with Crippen LogP contribution in [0, 0.1) is 0 Å². The van der Waals surface area contributed by atoms with Gasteiger partial charge in [-0.05, 0) is 47.2 Å². The molecule has 4 N–H and O–H groups in total. The fourth-order valence-electron chi connectivity index (χ4n) is 4.71. The lowest BCUT2D eigenvalue weighted by atomic mass is 10.0. The summed E-state index contributed by atoms with van der Waals surface area (Å²) in [6.45, 7) is 0. The molecule has 0 saturated carbocycles. The maximum Gasteiger partial charge on any atom is 0.337 e. The minimum Gasteiger partial charge on any atom is -0.497 e. The van der Waals surface area contributed by atoms with Gasteiger partial charge in [-0.3, -0.25) is 20.1 Å². The average molecular weight is 504 g/mol. The van der Waals surface area contributed by atoms with Crippen molar-refractivity contribution < 1.29 is 19.1 Å². The summed E-state index contributed by atoms with van der Waals surface area (Å²) in [5, 5.41) is 11.7. The number of ether oxygens (including phenoxy) is 1. The van der Waals surface area contributed by atoms with Crippen molar-refractivity contribution in [3.05, 3.63) is 102 Å². The number of H-pyrrole nitrogens is 1. The van der Waals surface area contributed by atoms with E-state index in [1.807, 2.05) is 42.5 Å². The number of aromatic amines is 1. The van der Waals surface area contributed by atoms with Crippen molar-refractivity contribution in [3.63, 3.8) is 0 Å². The summed E-state index contributed by atoms with van der Waals surface area (Å²) in [5.41, 5.74) is 8.80. The Kier molecular flexibility index (Phi) is 5.57. The van der Waals surface area contributed by atoms with E-state index >= 15 is 0 Å². The number of carbonyl (C=O) groups is 3. The van der Waals surface area contributed by atoms with E-state index in [-0.39, 0.29) is 5.78 Å². The number of fused-ring (bicyclic) bond motifs is 4. The fourth-order valence-corrected chi connectivity index (χ4v) is 4.71. The maximum atomic E-state index is 13.5. The molecule has 6 rings (SSSR count). The molecule has 0 unspecified atom stereocenters. The number of amides is 3. The molecule has 9 heteroatoms. The molecule has 0 fully saturated rings. The van der Waals surface area contributed by atoms with Crippen LogP contribution in [0.5, 0.6) is 5.75 Å². The fraction of sp³-hybridized carbons (Fsp3) is 0.0345. The summed E-state index contributed by atoms with van der Waals surface area (Å²) in [7, 11) is 1.59. The lowest BCUT2D eigenvalue weighted by Gasteiger charge is -2.12. The van der Waals surface area contributed by atoms with Crippen LogP contribution in [0.2, 0.25) is 0 Å². The van der Waals surface area contributed by atoms with Crippen molar-refractivity contribution in [1.82, 2.24) is 21.0 Å². The van der Waals surface area contributed by atoms with Crippen LogP contribution in [0.3, 0.4) is 0 Å². The molecule has 38 heavy (non-hydrogen) atoms. The predicted molar refractivity (Wildman–Crippen MR) is 143 cm³/mol. The molecule has 5 aromatic rings. The number of rotatable bonds is 4. The number of hydrogen-bond donors (Lipinski definition) is 4. The van der Waals surface area contributed by atoms with Gasteiger partial charge in [-0.1, -0.05) is 48.5 Å². The molecule has 1 heterocycles. The van der Waals surface area contributed by atoms with E-state index in [0.717, 1.165) is 16.3 Å². The zero-order chi connectivity index (χ0) is 26.2. The maximum absolute atomic E-state index is 13.5. The predicted octanol–water partition coefficient (Wildman–Crippen LogP) is 4.92. The lowest BCUT2D eigenvalue weighted by Crippen LogP contribution is -2.44. The minimum absolute atomic E-state index is 0.259. The largest absolute Gasteiger partial charge is 0.497 e. The molecule has 3 amide bonds. The summed E-state index contributed by atoms with van der Waals surface area (Å²) < 4.78 is 5.22. The Morgan fingerprint density at radius 2 is 1.61 bits per heavy atom.